The van der Waals surface area contributed by atoms with Gasteiger partial charge in [-0.2, -0.15) is 0 Å². The first-order chi connectivity index (χ1) is 15.0. The van der Waals surface area contributed by atoms with Gasteiger partial charge in [-0.05, 0) is 86.3 Å². The first-order valence-electron chi connectivity index (χ1n) is 11.1. The molecule has 1 N–H and O–H groups in total. The maximum Gasteiger partial charge on any atom is 0.223 e. The Hall–Kier alpha value is -2.37. The molecule has 0 saturated carbocycles. The number of carbonyl (C=O) groups is 1. The number of likely N-dealkylation sites (tertiary alicyclic amines) is 1. The molecule has 162 valence electrons. The van der Waals surface area contributed by atoms with Gasteiger partial charge in [-0.1, -0.05) is 17.7 Å². The normalized spacial score (nSPS) is 19.8. The van der Waals surface area contributed by atoms with Crippen LogP contribution in [0.1, 0.15) is 49.1 Å². The minimum atomic E-state index is -0.227. The minimum Gasteiger partial charge on any atom is -0.361 e. The Kier molecular flexibility index (Phi) is 5.49. The van der Waals surface area contributed by atoms with Crippen LogP contribution < -0.4 is 4.90 Å². The third kappa shape index (κ3) is 3.97. The number of amides is 1. The monoisotopic (exact) mass is 439 g/mol. The molecular weight excluding hydrogens is 413 g/mol. The van der Waals surface area contributed by atoms with Crippen molar-refractivity contribution in [2.45, 2.75) is 38.0 Å². The third-order valence-corrected chi connectivity index (χ3v) is 7.24. The van der Waals surface area contributed by atoms with E-state index in [9.17, 15) is 9.18 Å². The molecule has 0 aliphatic carbocycles. The van der Waals surface area contributed by atoms with Gasteiger partial charge < -0.3 is 14.8 Å². The number of piperidine rings is 1. The highest BCUT2D eigenvalue weighted by Crippen LogP contribution is 2.39. The summed E-state index contributed by atoms with van der Waals surface area (Å²) in [5, 5.41) is 2.03. The molecule has 6 heteroatoms. The zero-order valence-electron chi connectivity index (χ0n) is 17.7. The number of H-pyrrole nitrogens is 1. The highest BCUT2D eigenvalue weighted by atomic mass is 35.5. The number of halogens is 2. The second-order valence-corrected chi connectivity index (χ2v) is 9.30. The second kappa shape index (κ2) is 8.29. The molecule has 0 spiro atoms. The summed E-state index contributed by atoms with van der Waals surface area (Å²) in [6.07, 6.45) is 5.34. The van der Waals surface area contributed by atoms with Gasteiger partial charge in [0.05, 0.1) is 0 Å². The van der Waals surface area contributed by atoms with Crippen LogP contribution in [-0.2, 0) is 4.79 Å². The van der Waals surface area contributed by atoms with Crippen LogP contribution in [0.2, 0.25) is 5.02 Å². The average Bonchev–Trinajstić information content (AvgIpc) is 3.33. The number of hydrogen-bond acceptors (Lipinski definition) is 2. The van der Waals surface area contributed by atoms with Gasteiger partial charge in [-0.3, -0.25) is 4.79 Å². The van der Waals surface area contributed by atoms with E-state index < -0.39 is 0 Å². The largest absolute Gasteiger partial charge is 0.361 e. The Morgan fingerprint density at radius 3 is 2.74 bits per heavy atom. The van der Waals surface area contributed by atoms with Crippen LogP contribution in [0.5, 0.6) is 0 Å². The van der Waals surface area contributed by atoms with Crippen molar-refractivity contribution in [3.8, 4) is 0 Å². The van der Waals surface area contributed by atoms with Crippen LogP contribution in [-0.4, -0.2) is 42.0 Å². The standard InChI is InChI=1S/C25H27ClFN3O/c1-16(31)30-15-18(22-13-20(27)3-5-25(22)30)8-11-29-9-6-17(7-10-29)23-14-28-24-12-19(26)2-4-21(23)24/h2-5,12-14,17-18,28H,6-11,15H2,1H3. The lowest BCUT2D eigenvalue weighted by molar-refractivity contribution is -0.116. The topological polar surface area (TPSA) is 39.3 Å². The van der Waals surface area contributed by atoms with E-state index in [0.717, 1.165) is 60.7 Å². The Morgan fingerprint density at radius 2 is 1.97 bits per heavy atom. The molecule has 1 saturated heterocycles. The molecule has 31 heavy (non-hydrogen) atoms. The molecule has 3 heterocycles. The van der Waals surface area contributed by atoms with Crippen molar-refractivity contribution in [2.24, 2.45) is 0 Å². The molecule has 5 rings (SSSR count). The Bertz CT molecular complexity index is 1120. The van der Waals surface area contributed by atoms with E-state index in [-0.39, 0.29) is 17.6 Å². The number of benzene rings is 2. The van der Waals surface area contributed by atoms with Crippen molar-refractivity contribution >= 4 is 34.1 Å². The molecule has 2 aliphatic rings. The third-order valence-electron chi connectivity index (χ3n) is 7.00. The predicted molar refractivity (Wildman–Crippen MR) is 124 cm³/mol. The fourth-order valence-corrected chi connectivity index (χ4v) is 5.50. The van der Waals surface area contributed by atoms with Crippen molar-refractivity contribution < 1.29 is 9.18 Å². The number of anilines is 1. The molecule has 1 amide bonds. The Labute approximate surface area is 187 Å². The highest BCUT2D eigenvalue weighted by Gasteiger charge is 2.32. The zero-order valence-corrected chi connectivity index (χ0v) is 18.5. The quantitative estimate of drug-likeness (QED) is 0.568. The second-order valence-electron chi connectivity index (χ2n) is 8.87. The van der Waals surface area contributed by atoms with Gasteiger partial charge >= 0.3 is 0 Å². The van der Waals surface area contributed by atoms with Crippen molar-refractivity contribution in [1.29, 1.82) is 0 Å². The summed E-state index contributed by atoms with van der Waals surface area (Å²) in [6.45, 7) is 5.33. The fourth-order valence-electron chi connectivity index (χ4n) is 5.32. The summed E-state index contributed by atoms with van der Waals surface area (Å²) in [7, 11) is 0. The maximum absolute atomic E-state index is 13.8. The molecule has 2 aromatic carbocycles. The molecule has 4 nitrogen and oxygen atoms in total. The van der Waals surface area contributed by atoms with E-state index in [0.29, 0.717) is 12.5 Å². The first-order valence-corrected chi connectivity index (χ1v) is 11.4. The lowest BCUT2D eigenvalue weighted by atomic mass is 9.89. The van der Waals surface area contributed by atoms with Crippen molar-refractivity contribution in [2.75, 3.05) is 31.1 Å². The van der Waals surface area contributed by atoms with Crippen LogP contribution in [0.4, 0.5) is 10.1 Å². The van der Waals surface area contributed by atoms with Gasteiger partial charge in [0, 0.05) is 47.2 Å². The van der Waals surface area contributed by atoms with E-state index in [1.54, 1.807) is 24.0 Å². The van der Waals surface area contributed by atoms with Crippen LogP contribution in [0.25, 0.3) is 10.9 Å². The number of fused-ring (bicyclic) bond motifs is 2. The van der Waals surface area contributed by atoms with Crippen molar-refractivity contribution in [3.05, 3.63) is 64.6 Å². The minimum absolute atomic E-state index is 0.0242. The van der Waals surface area contributed by atoms with Gasteiger partial charge in [-0.15, -0.1) is 0 Å². The van der Waals surface area contributed by atoms with Crippen molar-refractivity contribution in [3.63, 3.8) is 0 Å². The molecule has 0 bridgehead atoms. The first kappa shape index (κ1) is 20.5. The fraction of sp³-hybridized carbons (Fsp3) is 0.400. The SMILES string of the molecule is CC(=O)N1CC(CCN2CCC(c3c[nH]c4cc(Cl)ccc34)CC2)c2cc(F)ccc21. The number of nitrogens with one attached hydrogen (secondary N) is 1. The summed E-state index contributed by atoms with van der Waals surface area (Å²) in [6, 6.07) is 10.9. The molecule has 0 radical (unpaired) electrons. The van der Waals surface area contributed by atoms with Gasteiger partial charge in [0.2, 0.25) is 5.91 Å². The van der Waals surface area contributed by atoms with Gasteiger partial charge in [0.1, 0.15) is 5.82 Å². The van der Waals surface area contributed by atoms with Crippen LogP contribution in [0.15, 0.2) is 42.6 Å². The van der Waals surface area contributed by atoms with Crippen molar-refractivity contribution in [1.82, 2.24) is 9.88 Å². The number of hydrogen-bond donors (Lipinski definition) is 1. The molecule has 1 unspecified atom stereocenters. The lowest BCUT2D eigenvalue weighted by Crippen LogP contribution is -2.34. The van der Waals surface area contributed by atoms with Gasteiger partial charge in [0.15, 0.2) is 0 Å². The average molecular weight is 440 g/mol. The lowest BCUT2D eigenvalue weighted by Gasteiger charge is -2.32. The number of aromatic nitrogens is 1. The summed E-state index contributed by atoms with van der Waals surface area (Å²) >= 11 is 6.12. The number of carbonyl (C=O) groups excluding carboxylic acids is 1. The van der Waals surface area contributed by atoms with E-state index in [2.05, 4.69) is 22.1 Å². The predicted octanol–water partition coefficient (Wildman–Crippen LogP) is 5.68. The smallest absolute Gasteiger partial charge is 0.223 e. The van der Waals surface area contributed by atoms with Crippen LogP contribution in [0.3, 0.4) is 0 Å². The van der Waals surface area contributed by atoms with E-state index in [4.69, 9.17) is 11.6 Å². The van der Waals surface area contributed by atoms with Crippen LogP contribution >= 0.6 is 11.6 Å². The van der Waals surface area contributed by atoms with Crippen LogP contribution in [0, 0.1) is 5.82 Å². The molecular formula is C25H27ClFN3O. The molecule has 1 aromatic heterocycles. The number of nitrogens with zero attached hydrogens (tertiary/aromatic N) is 2. The summed E-state index contributed by atoms with van der Waals surface area (Å²) in [5.41, 5.74) is 4.34. The molecule has 1 atom stereocenters. The highest BCUT2D eigenvalue weighted by molar-refractivity contribution is 6.31. The zero-order chi connectivity index (χ0) is 21.5. The molecule has 1 fully saturated rings. The Morgan fingerprint density at radius 1 is 1.16 bits per heavy atom. The van der Waals surface area contributed by atoms with Gasteiger partial charge in [-0.25, -0.2) is 4.39 Å². The maximum atomic E-state index is 13.8. The van der Waals surface area contributed by atoms with E-state index in [1.807, 2.05) is 12.1 Å². The summed E-state index contributed by atoms with van der Waals surface area (Å²) in [5.74, 6) is 0.553. The number of aromatic amines is 1. The number of rotatable bonds is 4. The summed E-state index contributed by atoms with van der Waals surface area (Å²) in [4.78, 5) is 19.7. The Balaban J connectivity index is 1.21. The summed E-state index contributed by atoms with van der Waals surface area (Å²) < 4.78 is 13.8. The van der Waals surface area contributed by atoms with E-state index in [1.165, 1.54) is 17.0 Å². The van der Waals surface area contributed by atoms with E-state index >= 15 is 0 Å². The van der Waals surface area contributed by atoms with Gasteiger partial charge in [0.25, 0.3) is 0 Å². The molecule has 3 aromatic rings. The molecule has 2 aliphatic heterocycles.